The summed E-state index contributed by atoms with van der Waals surface area (Å²) in [7, 11) is 0. The number of nitrogens with one attached hydrogen (secondary N) is 1. The van der Waals surface area contributed by atoms with Crippen LogP contribution in [0.2, 0.25) is 0 Å². The number of carbonyl (C=O) groups is 1. The molecule has 1 aromatic rings. The van der Waals surface area contributed by atoms with E-state index in [9.17, 15) is 4.79 Å². The highest BCUT2D eigenvalue weighted by molar-refractivity contribution is 5.95. The summed E-state index contributed by atoms with van der Waals surface area (Å²) in [4.78, 5) is 15.3. The van der Waals surface area contributed by atoms with Crippen LogP contribution in [0.15, 0.2) is 6.20 Å². The van der Waals surface area contributed by atoms with Crippen molar-refractivity contribution in [3.63, 3.8) is 0 Å². The van der Waals surface area contributed by atoms with Crippen LogP contribution in [0.5, 0.6) is 0 Å². The maximum absolute atomic E-state index is 12.7. The van der Waals surface area contributed by atoms with E-state index in [2.05, 4.69) is 22.2 Å². The van der Waals surface area contributed by atoms with Gasteiger partial charge in [-0.3, -0.25) is 14.4 Å². The second kappa shape index (κ2) is 8.32. The maximum Gasteiger partial charge on any atom is 0.254 e. The Labute approximate surface area is 150 Å². The average molecular weight is 348 g/mol. The number of ether oxygens (including phenoxy) is 1. The molecule has 2 heterocycles. The van der Waals surface area contributed by atoms with Crippen molar-refractivity contribution in [2.24, 2.45) is 0 Å². The molecule has 0 atom stereocenters. The molecule has 6 nitrogen and oxygen atoms in total. The van der Waals surface area contributed by atoms with Gasteiger partial charge in [0.1, 0.15) is 0 Å². The highest BCUT2D eigenvalue weighted by Gasteiger charge is 2.39. The lowest BCUT2D eigenvalue weighted by atomic mass is 9.79. The summed E-state index contributed by atoms with van der Waals surface area (Å²) in [5.74, 6) is 0.0121. The van der Waals surface area contributed by atoms with Crippen molar-refractivity contribution in [1.29, 1.82) is 0 Å². The molecule has 0 spiro atoms. The van der Waals surface area contributed by atoms with Gasteiger partial charge >= 0.3 is 0 Å². The van der Waals surface area contributed by atoms with E-state index >= 15 is 0 Å². The van der Waals surface area contributed by atoms with E-state index in [1.54, 1.807) is 6.20 Å². The molecule has 0 bridgehead atoms. The number of aryl methyl sites for hydroxylation is 1. The first-order valence-electron chi connectivity index (χ1n) is 9.80. The number of aromatic nitrogens is 2. The summed E-state index contributed by atoms with van der Waals surface area (Å²) < 4.78 is 7.46. The molecule has 3 rings (SSSR count). The normalized spacial score (nSPS) is 21.2. The number of rotatable bonds is 6. The fourth-order valence-electron chi connectivity index (χ4n) is 4.30. The Morgan fingerprint density at radius 2 is 2.00 bits per heavy atom. The van der Waals surface area contributed by atoms with Gasteiger partial charge in [0.25, 0.3) is 5.91 Å². The van der Waals surface area contributed by atoms with Crippen LogP contribution in [0.3, 0.4) is 0 Å². The summed E-state index contributed by atoms with van der Waals surface area (Å²) in [5, 5.41) is 7.59. The molecule has 140 valence electrons. The fourth-order valence-corrected chi connectivity index (χ4v) is 4.30. The molecule has 0 radical (unpaired) electrons. The van der Waals surface area contributed by atoms with Crippen molar-refractivity contribution in [1.82, 2.24) is 20.0 Å². The van der Waals surface area contributed by atoms with Crippen molar-refractivity contribution in [3.05, 3.63) is 17.5 Å². The quantitative estimate of drug-likeness (QED) is 0.857. The Balaban J connectivity index is 1.67. The fraction of sp³-hybridized carbons (Fsp3) is 0.789. The van der Waals surface area contributed by atoms with E-state index in [0.29, 0.717) is 5.56 Å². The first-order valence-corrected chi connectivity index (χ1v) is 9.80. The van der Waals surface area contributed by atoms with E-state index in [1.807, 2.05) is 11.6 Å². The summed E-state index contributed by atoms with van der Waals surface area (Å²) in [6.45, 7) is 9.25. The zero-order chi connectivity index (χ0) is 17.7. The van der Waals surface area contributed by atoms with Gasteiger partial charge in [-0.05, 0) is 26.2 Å². The van der Waals surface area contributed by atoms with E-state index in [1.165, 1.54) is 32.1 Å². The Kier molecular flexibility index (Phi) is 6.12. The summed E-state index contributed by atoms with van der Waals surface area (Å²) in [5.41, 5.74) is 1.77. The monoisotopic (exact) mass is 348 g/mol. The number of amides is 1. The maximum atomic E-state index is 12.7. The van der Waals surface area contributed by atoms with Gasteiger partial charge in [0.05, 0.1) is 25.0 Å². The molecule has 2 aliphatic rings. The molecule has 25 heavy (non-hydrogen) atoms. The lowest BCUT2D eigenvalue weighted by Crippen LogP contribution is -2.59. The first kappa shape index (κ1) is 18.4. The molecule has 1 saturated carbocycles. The molecule has 1 aliphatic carbocycles. The number of morpholine rings is 1. The number of carbonyl (C=O) groups excluding carboxylic acids is 1. The summed E-state index contributed by atoms with van der Waals surface area (Å²) in [6.07, 6.45) is 8.87. The molecular formula is C19H32N4O2. The molecular weight excluding hydrogens is 316 g/mol. The molecule has 1 N–H and O–H groups in total. The van der Waals surface area contributed by atoms with Gasteiger partial charge in [0.2, 0.25) is 0 Å². The van der Waals surface area contributed by atoms with E-state index < -0.39 is 0 Å². The van der Waals surface area contributed by atoms with Crippen molar-refractivity contribution >= 4 is 5.91 Å². The molecule has 1 aromatic heterocycles. The number of hydrogen-bond donors (Lipinski definition) is 1. The van der Waals surface area contributed by atoms with Gasteiger partial charge in [-0.25, -0.2) is 0 Å². The van der Waals surface area contributed by atoms with Gasteiger partial charge in [-0.15, -0.1) is 0 Å². The molecule has 6 heteroatoms. The Bertz CT molecular complexity index is 572. The van der Waals surface area contributed by atoms with Crippen molar-refractivity contribution < 1.29 is 9.53 Å². The Morgan fingerprint density at radius 1 is 1.28 bits per heavy atom. The third-order valence-electron chi connectivity index (χ3n) is 5.83. The van der Waals surface area contributed by atoms with Gasteiger partial charge in [-0.1, -0.05) is 26.2 Å². The minimum absolute atomic E-state index is 0.0121. The minimum atomic E-state index is 0.0121. The van der Waals surface area contributed by atoms with Crippen LogP contribution in [0, 0.1) is 6.92 Å². The highest BCUT2D eigenvalue weighted by Crippen LogP contribution is 2.34. The first-order chi connectivity index (χ1) is 12.2. The molecule has 2 fully saturated rings. The minimum Gasteiger partial charge on any atom is -0.379 e. The Morgan fingerprint density at radius 3 is 2.68 bits per heavy atom. The van der Waals surface area contributed by atoms with Gasteiger partial charge < -0.3 is 10.1 Å². The average Bonchev–Trinajstić information content (AvgIpc) is 3.02. The molecule has 1 saturated heterocycles. The topological polar surface area (TPSA) is 59.4 Å². The van der Waals surface area contributed by atoms with Gasteiger partial charge in [0, 0.05) is 37.4 Å². The van der Waals surface area contributed by atoms with Crippen LogP contribution >= 0.6 is 0 Å². The van der Waals surface area contributed by atoms with Crippen LogP contribution in [-0.4, -0.2) is 59.0 Å². The van der Waals surface area contributed by atoms with Crippen LogP contribution in [-0.2, 0) is 11.3 Å². The largest absolute Gasteiger partial charge is 0.379 e. The standard InChI is InChI=1S/C19H32N4O2/c1-3-9-23-16(2)17(14-21-23)18(24)20-15-19(7-5-4-6-8-19)22-10-12-25-13-11-22/h14H,3-13,15H2,1-2H3,(H,20,24). The second-order valence-electron chi connectivity index (χ2n) is 7.43. The van der Waals surface area contributed by atoms with Crippen molar-refractivity contribution in [2.45, 2.75) is 64.5 Å². The van der Waals surface area contributed by atoms with Crippen molar-refractivity contribution in [2.75, 3.05) is 32.8 Å². The highest BCUT2D eigenvalue weighted by atomic mass is 16.5. The number of nitrogens with zero attached hydrogens (tertiary/aromatic N) is 3. The van der Waals surface area contributed by atoms with E-state index in [4.69, 9.17) is 4.74 Å². The van der Waals surface area contributed by atoms with Crippen LogP contribution in [0.25, 0.3) is 0 Å². The second-order valence-corrected chi connectivity index (χ2v) is 7.43. The SMILES string of the molecule is CCCn1ncc(C(=O)NCC2(N3CCOCC3)CCCCC2)c1C. The smallest absolute Gasteiger partial charge is 0.254 e. The van der Waals surface area contributed by atoms with Gasteiger partial charge in [0.15, 0.2) is 0 Å². The van der Waals surface area contributed by atoms with Gasteiger partial charge in [-0.2, -0.15) is 5.10 Å². The third kappa shape index (κ3) is 4.06. The van der Waals surface area contributed by atoms with Crippen LogP contribution < -0.4 is 5.32 Å². The lowest BCUT2D eigenvalue weighted by molar-refractivity contribution is -0.0361. The van der Waals surface area contributed by atoms with Crippen molar-refractivity contribution in [3.8, 4) is 0 Å². The summed E-state index contributed by atoms with van der Waals surface area (Å²) >= 11 is 0. The van der Waals surface area contributed by atoms with E-state index in [0.717, 1.165) is 51.5 Å². The number of hydrogen-bond acceptors (Lipinski definition) is 4. The molecule has 0 unspecified atom stereocenters. The summed E-state index contributed by atoms with van der Waals surface area (Å²) in [6, 6.07) is 0. The molecule has 1 aliphatic heterocycles. The lowest BCUT2D eigenvalue weighted by Gasteiger charge is -2.48. The predicted molar refractivity (Wildman–Crippen MR) is 97.8 cm³/mol. The van der Waals surface area contributed by atoms with Crippen LogP contribution in [0.1, 0.15) is 61.5 Å². The molecule has 1 amide bonds. The zero-order valence-electron chi connectivity index (χ0n) is 15.7. The zero-order valence-corrected chi connectivity index (χ0v) is 15.7. The van der Waals surface area contributed by atoms with E-state index in [-0.39, 0.29) is 11.4 Å². The van der Waals surface area contributed by atoms with Crippen LogP contribution in [0.4, 0.5) is 0 Å². The molecule has 0 aromatic carbocycles. The predicted octanol–water partition coefficient (Wildman–Crippen LogP) is 2.37. The Hall–Kier alpha value is -1.40. The third-order valence-corrected chi connectivity index (χ3v) is 5.83.